The number of aryl methyl sites for hydroxylation is 1. The number of piperidine rings is 2. The first-order valence-corrected chi connectivity index (χ1v) is 10.1. The molecule has 1 atom stereocenters. The van der Waals surface area contributed by atoms with E-state index in [2.05, 4.69) is 19.0 Å². The zero-order valence-corrected chi connectivity index (χ0v) is 16.1. The number of nitrogens with zero attached hydrogens (tertiary/aromatic N) is 3. The highest BCUT2D eigenvalue weighted by Crippen LogP contribution is 2.39. The van der Waals surface area contributed by atoms with Gasteiger partial charge in [0.05, 0.1) is 0 Å². The van der Waals surface area contributed by atoms with Crippen molar-refractivity contribution in [2.45, 2.75) is 65.2 Å². The number of carbonyl (C=O) groups is 2. The Kier molecular flexibility index (Phi) is 5.99. The second-order valence-electron chi connectivity index (χ2n) is 7.93. The van der Waals surface area contributed by atoms with Crippen LogP contribution in [-0.4, -0.2) is 52.9 Å². The molecule has 6 nitrogen and oxygen atoms in total. The van der Waals surface area contributed by atoms with E-state index in [-0.39, 0.29) is 17.2 Å². The maximum Gasteiger partial charge on any atom is 0.276 e. The molecule has 2 aliphatic heterocycles. The molecule has 0 radical (unpaired) electrons. The van der Waals surface area contributed by atoms with E-state index < -0.39 is 0 Å². The summed E-state index contributed by atoms with van der Waals surface area (Å²) in [5.41, 5.74) is 0.464. The van der Waals surface area contributed by atoms with Crippen LogP contribution in [0.25, 0.3) is 0 Å². The molecule has 3 rings (SSSR count). The molecule has 0 N–H and O–H groups in total. The third-order valence-electron chi connectivity index (χ3n) is 5.75. The van der Waals surface area contributed by atoms with Gasteiger partial charge in [0.25, 0.3) is 5.91 Å². The zero-order chi connectivity index (χ0) is 18.6. The van der Waals surface area contributed by atoms with Crippen LogP contribution in [0.2, 0.25) is 0 Å². The maximum atomic E-state index is 12.9. The van der Waals surface area contributed by atoms with Crippen molar-refractivity contribution in [3.8, 4) is 0 Å². The first kappa shape index (κ1) is 18.9. The third-order valence-corrected chi connectivity index (χ3v) is 5.75. The summed E-state index contributed by atoms with van der Waals surface area (Å²) in [5, 5.41) is 3.98. The van der Waals surface area contributed by atoms with Crippen molar-refractivity contribution in [2.75, 3.05) is 26.2 Å². The van der Waals surface area contributed by atoms with E-state index in [1.54, 1.807) is 6.07 Å². The van der Waals surface area contributed by atoms with E-state index in [1.807, 2.05) is 9.80 Å². The van der Waals surface area contributed by atoms with Crippen LogP contribution in [0.4, 0.5) is 0 Å². The van der Waals surface area contributed by atoms with Gasteiger partial charge in [-0.15, -0.1) is 0 Å². The van der Waals surface area contributed by atoms with E-state index in [4.69, 9.17) is 4.52 Å². The predicted octanol–water partition coefficient (Wildman–Crippen LogP) is 3.27. The van der Waals surface area contributed by atoms with Crippen molar-refractivity contribution < 1.29 is 14.1 Å². The zero-order valence-electron chi connectivity index (χ0n) is 16.1. The summed E-state index contributed by atoms with van der Waals surface area (Å²) in [6.45, 7) is 7.34. The number of amides is 2. The lowest BCUT2D eigenvalue weighted by Crippen LogP contribution is -2.55. The Labute approximate surface area is 155 Å². The number of hydrogen-bond acceptors (Lipinski definition) is 4. The quantitative estimate of drug-likeness (QED) is 0.780. The predicted molar refractivity (Wildman–Crippen MR) is 98.8 cm³/mol. The minimum atomic E-state index is -0.0350. The molecule has 2 aliphatic rings. The number of rotatable bonds is 6. The van der Waals surface area contributed by atoms with Crippen molar-refractivity contribution in [1.82, 2.24) is 15.0 Å². The summed E-state index contributed by atoms with van der Waals surface area (Å²) >= 11 is 0. The molecule has 0 aliphatic carbocycles. The molecule has 0 aromatic carbocycles. The Morgan fingerprint density at radius 3 is 2.88 bits per heavy atom. The highest BCUT2D eigenvalue weighted by molar-refractivity contribution is 5.92. The van der Waals surface area contributed by atoms with Crippen molar-refractivity contribution in [1.29, 1.82) is 0 Å². The van der Waals surface area contributed by atoms with E-state index in [1.165, 1.54) is 0 Å². The molecule has 2 fully saturated rings. The Morgan fingerprint density at radius 1 is 1.27 bits per heavy atom. The van der Waals surface area contributed by atoms with Gasteiger partial charge in [-0.3, -0.25) is 9.59 Å². The molecule has 0 saturated carbocycles. The van der Waals surface area contributed by atoms with Gasteiger partial charge in [0.1, 0.15) is 5.76 Å². The van der Waals surface area contributed by atoms with Gasteiger partial charge in [0.2, 0.25) is 5.91 Å². The molecule has 2 amide bonds. The molecule has 0 bridgehead atoms. The fourth-order valence-corrected chi connectivity index (χ4v) is 4.31. The van der Waals surface area contributed by atoms with Gasteiger partial charge < -0.3 is 14.3 Å². The van der Waals surface area contributed by atoms with E-state index in [0.717, 1.165) is 76.9 Å². The summed E-state index contributed by atoms with van der Waals surface area (Å²) in [4.78, 5) is 29.1. The normalized spacial score (nSPS) is 23.7. The molecule has 1 aromatic rings. The first-order chi connectivity index (χ1) is 12.6. The van der Waals surface area contributed by atoms with E-state index in [0.29, 0.717) is 12.1 Å². The molecule has 1 spiro atoms. The van der Waals surface area contributed by atoms with Crippen LogP contribution in [0, 0.1) is 5.41 Å². The first-order valence-electron chi connectivity index (χ1n) is 10.1. The highest BCUT2D eigenvalue weighted by atomic mass is 16.5. The van der Waals surface area contributed by atoms with E-state index >= 15 is 0 Å². The lowest BCUT2D eigenvalue weighted by Gasteiger charge is -2.48. The minimum Gasteiger partial charge on any atom is -0.361 e. The summed E-state index contributed by atoms with van der Waals surface area (Å²) < 4.78 is 5.28. The van der Waals surface area contributed by atoms with Crippen LogP contribution < -0.4 is 0 Å². The maximum absolute atomic E-state index is 12.9. The largest absolute Gasteiger partial charge is 0.361 e. The van der Waals surface area contributed by atoms with Gasteiger partial charge in [-0.1, -0.05) is 25.4 Å². The van der Waals surface area contributed by atoms with Crippen molar-refractivity contribution in [2.24, 2.45) is 5.41 Å². The molecule has 26 heavy (non-hydrogen) atoms. The second kappa shape index (κ2) is 8.23. The van der Waals surface area contributed by atoms with Crippen LogP contribution in [0.1, 0.15) is 75.0 Å². The highest BCUT2D eigenvalue weighted by Gasteiger charge is 2.42. The summed E-state index contributed by atoms with van der Waals surface area (Å²) in [7, 11) is 0. The van der Waals surface area contributed by atoms with Gasteiger partial charge in [-0.25, -0.2) is 0 Å². The SMILES string of the molecule is CCCCN1C[C@@]2(CCCN(C(=O)c3cc(CCC)on3)C2)CCC1=O. The van der Waals surface area contributed by atoms with Gasteiger partial charge in [-0.2, -0.15) is 0 Å². The third kappa shape index (κ3) is 4.10. The lowest BCUT2D eigenvalue weighted by atomic mass is 9.73. The molecular formula is C20H31N3O3. The van der Waals surface area contributed by atoms with Gasteiger partial charge >= 0.3 is 0 Å². The van der Waals surface area contributed by atoms with E-state index in [9.17, 15) is 9.59 Å². The summed E-state index contributed by atoms with van der Waals surface area (Å²) in [6.07, 6.45) is 7.48. The minimum absolute atomic E-state index is 0.0350. The number of likely N-dealkylation sites (tertiary alicyclic amines) is 2. The molecule has 3 heterocycles. The Balaban J connectivity index is 1.67. The van der Waals surface area contributed by atoms with Crippen molar-refractivity contribution >= 4 is 11.8 Å². The second-order valence-corrected chi connectivity index (χ2v) is 7.93. The number of carbonyl (C=O) groups excluding carboxylic acids is 2. The summed E-state index contributed by atoms with van der Waals surface area (Å²) in [6, 6.07) is 1.78. The number of unbranched alkanes of at least 4 members (excludes halogenated alkanes) is 1. The number of hydrogen-bond donors (Lipinski definition) is 0. The molecule has 6 heteroatoms. The molecule has 0 unspecified atom stereocenters. The fraction of sp³-hybridized carbons (Fsp3) is 0.750. The number of aromatic nitrogens is 1. The molecule has 2 saturated heterocycles. The smallest absolute Gasteiger partial charge is 0.276 e. The van der Waals surface area contributed by atoms with Crippen LogP contribution in [-0.2, 0) is 11.2 Å². The lowest BCUT2D eigenvalue weighted by molar-refractivity contribution is -0.139. The molecule has 1 aromatic heterocycles. The summed E-state index contributed by atoms with van der Waals surface area (Å²) in [5.74, 6) is 1.01. The Morgan fingerprint density at radius 2 is 2.12 bits per heavy atom. The van der Waals surface area contributed by atoms with Gasteiger partial charge in [0.15, 0.2) is 5.69 Å². The van der Waals surface area contributed by atoms with Crippen molar-refractivity contribution in [3.63, 3.8) is 0 Å². The Bertz CT molecular complexity index is 642. The molecule has 144 valence electrons. The molecular weight excluding hydrogens is 330 g/mol. The van der Waals surface area contributed by atoms with Crippen LogP contribution in [0.3, 0.4) is 0 Å². The topological polar surface area (TPSA) is 66.7 Å². The van der Waals surface area contributed by atoms with Crippen LogP contribution >= 0.6 is 0 Å². The van der Waals surface area contributed by atoms with Gasteiger partial charge in [0, 0.05) is 50.5 Å². The fourth-order valence-electron chi connectivity index (χ4n) is 4.31. The van der Waals surface area contributed by atoms with Gasteiger partial charge in [-0.05, 0) is 32.1 Å². The standard InChI is InChI=1S/C20H31N3O3/c1-3-5-11-22-14-20(10-8-18(22)24)9-6-12-23(15-20)19(25)17-13-16(7-4-2)26-21-17/h13H,3-12,14-15H2,1-2H3/t20-/m1/s1. The van der Waals surface area contributed by atoms with Crippen LogP contribution in [0.15, 0.2) is 10.6 Å². The average molecular weight is 361 g/mol. The van der Waals surface area contributed by atoms with Crippen molar-refractivity contribution in [3.05, 3.63) is 17.5 Å². The average Bonchev–Trinajstić information content (AvgIpc) is 3.11. The monoisotopic (exact) mass is 361 g/mol. The van der Waals surface area contributed by atoms with Crippen LogP contribution in [0.5, 0.6) is 0 Å². The Hall–Kier alpha value is -1.85.